The molecule has 1 saturated heterocycles. The highest BCUT2D eigenvalue weighted by atomic mass is 16.5. The van der Waals surface area contributed by atoms with Gasteiger partial charge in [0.1, 0.15) is 0 Å². The van der Waals surface area contributed by atoms with Gasteiger partial charge in [-0.3, -0.25) is 0 Å². The minimum atomic E-state index is -0.249. The Morgan fingerprint density at radius 3 is 2.23 bits per heavy atom. The van der Waals surface area contributed by atoms with Gasteiger partial charge < -0.3 is 14.8 Å². The molecule has 0 bridgehead atoms. The van der Waals surface area contributed by atoms with E-state index in [0.29, 0.717) is 12.2 Å². The Bertz CT molecular complexity index is 428. The highest BCUT2D eigenvalue weighted by Gasteiger charge is 2.31. The SMILES string of the molecule is CC.CCOC(=O)c1cccc(C)c1.CCOC1(C)CNC1. The third kappa shape index (κ3) is 7.57. The minimum Gasteiger partial charge on any atom is -0.462 e. The first-order valence-electron chi connectivity index (χ1n) is 8.09. The van der Waals surface area contributed by atoms with Crippen LogP contribution in [-0.2, 0) is 9.47 Å². The van der Waals surface area contributed by atoms with E-state index in [-0.39, 0.29) is 11.6 Å². The van der Waals surface area contributed by atoms with E-state index in [9.17, 15) is 4.79 Å². The molecule has 22 heavy (non-hydrogen) atoms. The number of benzene rings is 1. The highest BCUT2D eigenvalue weighted by Crippen LogP contribution is 2.13. The second-order valence-corrected chi connectivity index (χ2v) is 5.08. The molecule has 0 unspecified atom stereocenters. The van der Waals surface area contributed by atoms with Crippen molar-refractivity contribution in [2.24, 2.45) is 0 Å². The molecule has 1 N–H and O–H groups in total. The zero-order chi connectivity index (χ0) is 17.0. The van der Waals surface area contributed by atoms with Crippen molar-refractivity contribution >= 4 is 5.97 Å². The van der Waals surface area contributed by atoms with Crippen LogP contribution in [0.15, 0.2) is 24.3 Å². The summed E-state index contributed by atoms with van der Waals surface area (Å²) in [6.07, 6.45) is 0. The summed E-state index contributed by atoms with van der Waals surface area (Å²) in [7, 11) is 0. The second kappa shape index (κ2) is 11.2. The van der Waals surface area contributed by atoms with Crippen molar-refractivity contribution in [1.29, 1.82) is 0 Å². The number of nitrogens with one attached hydrogen (secondary N) is 1. The van der Waals surface area contributed by atoms with E-state index >= 15 is 0 Å². The first-order valence-corrected chi connectivity index (χ1v) is 8.09. The van der Waals surface area contributed by atoms with Gasteiger partial charge in [0.2, 0.25) is 0 Å². The molecular formula is C18H31NO3. The molecule has 1 aliphatic heterocycles. The van der Waals surface area contributed by atoms with Gasteiger partial charge in [0.15, 0.2) is 0 Å². The van der Waals surface area contributed by atoms with Crippen LogP contribution in [0.1, 0.15) is 50.5 Å². The third-order valence-electron chi connectivity index (χ3n) is 3.02. The zero-order valence-corrected chi connectivity index (χ0v) is 14.9. The molecule has 4 heteroatoms. The lowest BCUT2D eigenvalue weighted by Crippen LogP contribution is -2.58. The molecule has 1 heterocycles. The van der Waals surface area contributed by atoms with E-state index in [2.05, 4.69) is 12.2 Å². The minimum absolute atomic E-state index is 0.161. The number of carbonyl (C=O) groups is 1. The van der Waals surface area contributed by atoms with Gasteiger partial charge in [0.25, 0.3) is 0 Å². The molecule has 1 aromatic carbocycles. The highest BCUT2D eigenvalue weighted by molar-refractivity contribution is 5.89. The second-order valence-electron chi connectivity index (χ2n) is 5.08. The van der Waals surface area contributed by atoms with Gasteiger partial charge in [0.05, 0.1) is 17.8 Å². The monoisotopic (exact) mass is 309 g/mol. The number of ether oxygens (including phenoxy) is 2. The fourth-order valence-electron chi connectivity index (χ4n) is 1.91. The summed E-state index contributed by atoms with van der Waals surface area (Å²) in [5.41, 5.74) is 1.85. The van der Waals surface area contributed by atoms with Crippen molar-refractivity contribution in [3.63, 3.8) is 0 Å². The lowest BCUT2D eigenvalue weighted by molar-refractivity contribution is -0.0607. The van der Waals surface area contributed by atoms with E-state index in [1.54, 1.807) is 13.0 Å². The van der Waals surface area contributed by atoms with Crippen molar-refractivity contribution in [2.75, 3.05) is 26.3 Å². The third-order valence-corrected chi connectivity index (χ3v) is 3.02. The number of hydrogen-bond donors (Lipinski definition) is 1. The summed E-state index contributed by atoms with van der Waals surface area (Å²) in [5.74, 6) is -0.249. The smallest absolute Gasteiger partial charge is 0.338 e. The molecule has 1 fully saturated rings. The van der Waals surface area contributed by atoms with Crippen molar-refractivity contribution in [1.82, 2.24) is 5.32 Å². The van der Waals surface area contributed by atoms with Crippen LogP contribution in [0.5, 0.6) is 0 Å². The fraction of sp³-hybridized carbons (Fsp3) is 0.611. The van der Waals surface area contributed by atoms with E-state index in [4.69, 9.17) is 9.47 Å². The summed E-state index contributed by atoms with van der Waals surface area (Å²) in [6.45, 7) is 15.2. The Labute approximate surface area is 135 Å². The molecule has 0 aliphatic carbocycles. The molecule has 4 nitrogen and oxygen atoms in total. The molecule has 1 aromatic rings. The molecule has 0 spiro atoms. The van der Waals surface area contributed by atoms with Crippen molar-refractivity contribution < 1.29 is 14.3 Å². The molecule has 126 valence electrons. The van der Waals surface area contributed by atoms with Gasteiger partial charge in [-0.2, -0.15) is 0 Å². The first-order chi connectivity index (χ1) is 10.5. The van der Waals surface area contributed by atoms with Crippen molar-refractivity contribution in [3.05, 3.63) is 35.4 Å². The molecule has 2 rings (SSSR count). The number of rotatable bonds is 4. The Balaban J connectivity index is 0.000000382. The van der Waals surface area contributed by atoms with Crippen molar-refractivity contribution in [2.45, 2.75) is 47.1 Å². The molecule has 0 aromatic heterocycles. The quantitative estimate of drug-likeness (QED) is 0.864. The first kappa shape index (κ1) is 20.6. The van der Waals surface area contributed by atoms with Crippen LogP contribution in [0.25, 0.3) is 0 Å². The standard InChI is InChI=1S/C10H12O2.C6H13NO.C2H6/c1-3-12-10(11)9-6-4-5-8(2)7-9;1-3-8-6(2)4-7-5-6;1-2/h4-7H,3H2,1-2H3;7H,3-5H2,1-2H3;1-2H3. The maximum Gasteiger partial charge on any atom is 0.338 e. The van der Waals surface area contributed by atoms with Gasteiger partial charge in [-0.05, 0) is 39.8 Å². The Morgan fingerprint density at radius 1 is 1.23 bits per heavy atom. The molecule has 1 aliphatic rings. The lowest BCUT2D eigenvalue weighted by Gasteiger charge is -2.38. The van der Waals surface area contributed by atoms with Gasteiger partial charge in [0, 0.05) is 19.7 Å². The summed E-state index contributed by atoms with van der Waals surface area (Å²) < 4.78 is 10.2. The predicted octanol–water partition coefficient (Wildman–Crippen LogP) is 3.58. The van der Waals surface area contributed by atoms with E-state index < -0.39 is 0 Å². The molecule has 0 radical (unpaired) electrons. The number of carbonyl (C=O) groups excluding carboxylic acids is 1. The van der Waals surface area contributed by atoms with Crippen molar-refractivity contribution in [3.8, 4) is 0 Å². The maximum atomic E-state index is 11.2. The molecule has 0 amide bonds. The summed E-state index contributed by atoms with van der Waals surface area (Å²) in [5, 5.41) is 3.16. The molecule has 0 saturated carbocycles. The lowest BCUT2D eigenvalue weighted by atomic mass is 10.0. The summed E-state index contributed by atoms with van der Waals surface area (Å²) in [6, 6.07) is 7.37. The van der Waals surface area contributed by atoms with Crippen LogP contribution in [0, 0.1) is 6.92 Å². The van der Waals surface area contributed by atoms with Gasteiger partial charge >= 0.3 is 5.97 Å². The van der Waals surface area contributed by atoms with E-state index in [1.807, 2.05) is 45.9 Å². The van der Waals surface area contributed by atoms with Crippen LogP contribution in [0.3, 0.4) is 0 Å². The number of aryl methyl sites for hydroxylation is 1. The summed E-state index contributed by atoms with van der Waals surface area (Å²) in [4.78, 5) is 11.2. The van der Waals surface area contributed by atoms with Crippen LogP contribution >= 0.6 is 0 Å². The molecular weight excluding hydrogens is 278 g/mol. The molecule has 0 atom stereocenters. The Kier molecular flexibility index (Phi) is 10.5. The maximum absolute atomic E-state index is 11.2. The average Bonchev–Trinajstić information content (AvgIpc) is 2.49. The number of esters is 1. The average molecular weight is 309 g/mol. The topological polar surface area (TPSA) is 47.6 Å². The van der Waals surface area contributed by atoms with E-state index in [1.165, 1.54) is 0 Å². The zero-order valence-electron chi connectivity index (χ0n) is 14.9. The normalized spacial score (nSPS) is 14.5. The Hall–Kier alpha value is -1.39. The van der Waals surface area contributed by atoms with E-state index in [0.717, 1.165) is 25.3 Å². The predicted molar refractivity (Wildman–Crippen MR) is 91.4 cm³/mol. The van der Waals surface area contributed by atoms with Crippen LogP contribution < -0.4 is 5.32 Å². The van der Waals surface area contributed by atoms with Gasteiger partial charge in [-0.15, -0.1) is 0 Å². The van der Waals surface area contributed by atoms with Crippen LogP contribution in [0.2, 0.25) is 0 Å². The Morgan fingerprint density at radius 2 is 1.86 bits per heavy atom. The van der Waals surface area contributed by atoms with Crippen LogP contribution in [0.4, 0.5) is 0 Å². The number of hydrogen-bond acceptors (Lipinski definition) is 4. The van der Waals surface area contributed by atoms with Gasteiger partial charge in [-0.1, -0.05) is 31.5 Å². The van der Waals surface area contributed by atoms with Crippen LogP contribution in [-0.4, -0.2) is 37.9 Å². The largest absolute Gasteiger partial charge is 0.462 e. The summed E-state index contributed by atoms with van der Waals surface area (Å²) >= 11 is 0. The fourth-order valence-corrected chi connectivity index (χ4v) is 1.91. The van der Waals surface area contributed by atoms with Gasteiger partial charge in [-0.25, -0.2) is 4.79 Å².